The van der Waals surface area contributed by atoms with Gasteiger partial charge in [0.25, 0.3) is 0 Å². The highest BCUT2D eigenvalue weighted by Crippen LogP contribution is 2.35. The predicted octanol–water partition coefficient (Wildman–Crippen LogP) is 3.23. The molecule has 0 aromatic heterocycles. The number of benzene rings is 1. The lowest BCUT2D eigenvalue weighted by Gasteiger charge is -2.47. The minimum absolute atomic E-state index is 0.0722. The standard InChI is InChI=1S/C16H22BrFN2O/c17-11-5-6-13(18)12(9-11)15(10-19)20-7-8-21-16-4-2-1-3-14(16)20/h5-6,9,14-16H,1-4,7-8,10,19H2. The molecule has 3 rings (SSSR count). The molecule has 1 saturated carbocycles. The van der Waals surface area contributed by atoms with Gasteiger partial charge >= 0.3 is 0 Å². The fourth-order valence-corrected chi connectivity index (χ4v) is 4.10. The van der Waals surface area contributed by atoms with E-state index in [1.807, 2.05) is 6.07 Å². The molecule has 1 aromatic rings. The number of hydrogen-bond donors (Lipinski definition) is 1. The number of ether oxygens (including phenoxy) is 1. The Bertz CT molecular complexity index is 497. The molecule has 2 aliphatic rings. The highest BCUT2D eigenvalue weighted by Gasteiger charge is 2.38. The maximum absolute atomic E-state index is 14.3. The Morgan fingerprint density at radius 1 is 1.38 bits per heavy atom. The largest absolute Gasteiger partial charge is 0.375 e. The summed E-state index contributed by atoms with van der Waals surface area (Å²) in [5.74, 6) is -0.174. The minimum atomic E-state index is -0.174. The Labute approximate surface area is 133 Å². The molecule has 0 amide bonds. The summed E-state index contributed by atoms with van der Waals surface area (Å²) in [6, 6.07) is 5.41. The quantitative estimate of drug-likeness (QED) is 0.903. The van der Waals surface area contributed by atoms with E-state index in [1.54, 1.807) is 6.07 Å². The second kappa shape index (κ2) is 6.73. The second-order valence-corrected chi connectivity index (χ2v) is 6.83. The van der Waals surface area contributed by atoms with E-state index >= 15 is 0 Å². The first kappa shape index (κ1) is 15.4. The summed E-state index contributed by atoms with van der Waals surface area (Å²) in [6.45, 7) is 1.97. The Morgan fingerprint density at radius 2 is 2.19 bits per heavy atom. The van der Waals surface area contributed by atoms with Crippen molar-refractivity contribution in [1.29, 1.82) is 0 Å². The van der Waals surface area contributed by atoms with Crippen molar-refractivity contribution in [2.45, 2.75) is 43.9 Å². The Balaban J connectivity index is 1.89. The average molecular weight is 357 g/mol. The molecule has 1 heterocycles. The summed E-state index contributed by atoms with van der Waals surface area (Å²) < 4.78 is 21.1. The van der Waals surface area contributed by atoms with E-state index in [2.05, 4.69) is 20.8 Å². The second-order valence-electron chi connectivity index (χ2n) is 5.92. The van der Waals surface area contributed by atoms with Gasteiger partial charge in [0.1, 0.15) is 5.82 Å². The number of nitrogens with zero attached hydrogens (tertiary/aromatic N) is 1. The lowest BCUT2D eigenvalue weighted by molar-refractivity contribution is -0.102. The minimum Gasteiger partial charge on any atom is -0.375 e. The molecule has 3 unspecified atom stereocenters. The number of hydrogen-bond acceptors (Lipinski definition) is 3. The monoisotopic (exact) mass is 356 g/mol. The van der Waals surface area contributed by atoms with Crippen LogP contribution in [0.2, 0.25) is 0 Å². The molecule has 2 fully saturated rings. The first-order valence-electron chi connectivity index (χ1n) is 7.73. The third-order valence-corrected chi connectivity index (χ3v) is 5.21. The molecule has 0 bridgehead atoms. The molecule has 1 aliphatic carbocycles. The van der Waals surface area contributed by atoms with Crippen molar-refractivity contribution in [2.24, 2.45) is 5.73 Å². The SMILES string of the molecule is NCC(c1cc(Br)ccc1F)N1CCOC2CCCCC21. The molecular weight excluding hydrogens is 335 g/mol. The molecule has 0 spiro atoms. The molecule has 0 radical (unpaired) electrons. The zero-order valence-corrected chi connectivity index (χ0v) is 13.7. The van der Waals surface area contributed by atoms with Crippen LogP contribution in [-0.4, -0.2) is 36.7 Å². The zero-order valence-electron chi connectivity index (χ0n) is 12.1. The van der Waals surface area contributed by atoms with Gasteiger partial charge < -0.3 is 10.5 Å². The maximum Gasteiger partial charge on any atom is 0.128 e. The van der Waals surface area contributed by atoms with E-state index < -0.39 is 0 Å². The van der Waals surface area contributed by atoms with Crippen LogP contribution in [0.5, 0.6) is 0 Å². The van der Waals surface area contributed by atoms with Gasteiger partial charge in [-0.2, -0.15) is 0 Å². The van der Waals surface area contributed by atoms with E-state index in [-0.39, 0.29) is 18.0 Å². The number of rotatable bonds is 3. The summed E-state index contributed by atoms with van der Waals surface area (Å²) in [6.07, 6.45) is 4.97. The lowest BCUT2D eigenvalue weighted by Crippen LogP contribution is -2.55. The topological polar surface area (TPSA) is 38.5 Å². The molecule has 1 aliphatic heterocycles. The Kier molecular flexibility index (Phi) is 4.94. The van der Waals surface area contributed by atoms with Crippen molar-refractivity contribution in [3.63, 3.8) is 0 Å². The number of nitrogens with two attached hydrogens (primary N) is 1. The lowest BCUT2D eigenvalue weighted by atomic mass is 9.88. The van der Waals surface area contributed by atoms with Gasteiger partial charge in [0.15, 0.2) is 0 Å². The summed E-state index contributed by atoms with van der Waals surface area (Å²) >= 11 is 3.44. The molecule has 3 nitrogen and oxygen atoms in total. The molecule has 5 heteroatoms. The first-order valence-corrected chi connectivity index (χ1v) is 8.52. The van der Waals surface area contributed by atoms with Crippen LogP contribution in [0.15, 0.2) is 22.7 Å². The van der Waals surface area contributed by atoms with Crippen LogP contribution in [0, 0.1) is 5.82 Å². The molecule has 21 heavy (non-hydrogen) atoms. The van der Waals surface area contributed by atoms with Crippen molar-refractivity contribution >= 4 is 15.9 Å². The number of fused-ring (bicyclic) bond motifs is 1. The van der Waals surface area contributed by atoms with E-state index in [1.165, 1.54) is 18.9 Å². The van der Waals surface area contributed by atoms with Crippen molar-refractivity contribution in [1.82, 2.24) is 4.90 Å². The third-order valence-electron chi connectivity index (χ3n) is 4.72. The summed E-state index contributed by atoms with van der Waals surface area (Å²) in [7, 11) is 0. The normalized spacial score (nSPS) is 28.1. The van der Waals surface area contributed by atoms with Gasteiger partial charge in [-0.1, -0.05) is 28.8 Å². The van der Waals surface area contributed by atoms with Crippen molar-refractivity contribution in [2.75, 3.05) is 19.7 Å². The van der Waals surface area contributed by atoms with Gasteiger partial charge in [0.05, 0.1) is 18.8 Å². The van der Waals surface area contributed by atoms with Gasteiger partial charge in [0.2, 0.25) is 0 Å². The van der Waals surface area contributed by atoms with Crippen LogP contribution in [-0.2, 0) is 4.74 Å². The van der Waals surface area contributed by atoms with Crippen molar-refractivity contribution < 1.29 is 9.13 Å². The van der Waals surface area contributed by atoms with Crippen molar-refractivity contribution in [3.05, 3.63) is 34.1 Å². The summed E-state index contributed by atoms with van der Waals surface area (Å²) in [4.78, 5) is 2.37. The fourth-order valence-electron chi connectivity index (χ4n) is 3.72. The van der Waals surface area contributed by atoms with E-state index in [9.17, 15) is 4.39 Å². The van der Waals surface area contributed by atoms with Crippen LogP contribution in [0.4, 0.5) is 4.39 Å². The Hall–Kier alpha value is -0.490. The maximum atomic E-state index is 14.3. The van der Waals surface area contributed by atoms with Crippen LogP contribution < -0.4 is 5.73 Å². The average Bonchev–Trinajstić information content (AvgIpc) is 2.51. The smallest absolute Gasteiger partial charge is 0.128 e. The van der Waals surface area contributed by atoms with Crippen LogP contribution >= 0.6 is 15.9 Å². The first-order chi connectivity index (χ1) is 10.2. The Morgan fingerprint density at radius 3 is 3.00 bits per heavy atom. The summed E-state index contributed by atoms with van der Waals surface area (Å²) in [5, 5.41) is 0. The van der Waals surface area contributed by atoms with Crippen LogP contribution in [0.1, 0.15) is 37.3 Å². The highest BCUT2D eigenvalue weighted by molar-refractivity contribution is 9.10. The van der Waals surface area contributed by atoms with Gasteiger partial charge in [-0.15, -0.1) is 0 Å². The van der Waals surface area contributed by atoms with E-state index in [0.717, 1.165) is 23.9 Å². The van der Waals surface area contributed by atoms with Crippen molar-refractivity contribution in [3.8, 4) is 0 Å². The highest BCUT2D eigenvalue weighted by atomic mass is 79.9. The molecule has 116 valence electrons. The van der Waals surface area contributed by atoms with Gasteiger partial charge in [-0.25, -0.2) is 4.39 Å². The van der Waals surface area contributed by atoms with Gasteiger partial charge in [-0.05, 0) is 31.0 Å². The molecule has 1 saturated heterocycles. The van der Waals surface area contributed by atoms with Crippen LogP contribution in [0.25, 0.3) is 0 Å². The van der Waals surface area contributed by atoms with E-state index in [0.29, 0.717) is 24.8 Å². The van der Waals surface area contributed by atoms with Gasteiger partial charge in [-0.3, -0.25) is 4.90 Å². The fraction of sp³-hybridized carbons (Fsp3) is 0.625. The van der Waals surface area contributed by atoms with E-state index in [4.69, 9.17) is 10.5 Å². The molecule has 2 N–H and O–H groups in total. The van der Waals surface area contributed by atoms with Crippen LogP contribution in [0.3, 0.4) is 0 Å². The summed E-state index contributed by atoms with van der Waals surface area (Å²) in [5.41, 5.74) is 6.70. The molecular formula is C16H22BrFN2O. The number of halogens is 2. The third kappa shape index (κ3) is 3.16. The molecule has 3 atom stereocenters. The predicted molar refractivity (Wildman–Crippen MR) is 84.6 cm³/mol. The molecule has 1 aromatic carbocycles. The number of morpholine rings is 1. The zero-order chi connectivity index (χ0) is 14.8. The van der Waals surface area contributed by atoms with Gasteiger partial charge in [0, 0.05) is 29.2 Å².